The molecule has 146 valence electrons. The van der Waals surface area contributed by atoms with Crippen LogP contribution >= 0.6 is 23.4 Å². The smallest absolute Gasteiger partial charge is 0.324 e. The number of hydrogen-bond acceptors (Lipinski definition) is 4. The minimum atomic E-state index is -4.51. The summed E-state index contributed by atoms with van der Waals surface area (Å²) in [5, 5.41) is 11.5. The predicted molar refractivity (Wildman–Crippen MR) is 98.1 cm³/mol. The van der Waals surface area contributed by atoms with Crippen molar-refractivity contribution in [3.63, 3.8) is 0 Å². The van der Waals surface area contributed by atoms with Gasteiger partial charge in [0.25, 0.3) is 0 Å². The van der Waals surface area contributed by atoms with Crippen LogP contribution in [0.4, 0.5) is 18.9 Å². The van der Waals surface area contributed by atoms with Crippen LogP contribution in [0.15, 0.2) is 23.4 Å². The van der Waals surface area contributed by atoms with Gasteiger partial charge in [0.1, 0.15) is 5.82 Å². The molecule has 0 spiro atoms. The van der Waals surface area contributed by atoms with Crippen molar-refractivity contribution in [1.82, 2.24) is 14.8 Å². The number of aromatic nitrogens is 3. The Balaban J connectivity index is 1.65. The van der Waals surface area contributed by atoms with E-state index in [0.29, 0.717) is 11.1 Å². The van der Waals surface area contributed by atoms with Crippen molar-refractivity contribution in [2.45, 2.75) is 50.0 Å². The molecular weight excluding hydrogens is 401 g/mol. The van der Waals surface area contributed by atoms with Crippen LogP contribution in [0.3, 0.4) is 0 Å². The van der Waals surface area contributed by atoms with Gasteiger partial charge in [-0.25, -0.2) is 0 Å². The normalized spacial score (nSPS) is 14.4. The van der Waals surface area contributed by atoms with Crippen LogP contribution in [0, 0.1) is 0 Å². The molecule has 3 rings (SSSR count). The summed E-state index contributed by atoms with van der Waals surface area (Å²) in [5.74, 6) is 0.927. The molecule has 1 aliphatic rings. The second-order valence-electron chi connectivity index (χ2n) is 6.30. The fraction of sp³-hybridized carbons (Fsp3) is 0.471. The number of halogens is 4. The Bertz CT molecular complexity index is 836. The number of nitrogens with zero attached hydrogens (tertiary/aromatic N) is 3. The molecule has 10 heteroatoms. The fourth-order valence-electron chi connectivity index (χ4n) is 2.60. The van der Waals surface area contributed by atoms with Crippen LogP contribution < -0.4 is 5.32 Å². The number of alkyl halides is 3. The molecule has 0 unspecified atom stereocenters. The summed E-state index contributed by atoms with van der Waals surface area (Å²) in [7, 11) is 0. The zero-order valence-electron chi connectivity index (χ0n) is 14.5. The van der Waals surface area contributed by atoms with E-state index in [-0.39, 0.29) is 16.5 Å². The minimum Gasteiger partial charge on any atom is -0.324 e. The van der Waals surface area contributed by atoms with Crippen LogP contribution in [0.5, 0.6) is 0 Å². The lowest BCUT2D eigenvalue weighted by molar-refractivity contribution is -0.137. The third-order valence-corrected chi connectivity index (χ3v) is 5.33. The molecule has 0 aliphatic heterocycles. The van der Waals surface area contributed by atoms with Crippen LogP contribution in [0.1, 0.15) is 43.5 Å². The Morgan fingerprint density at radius 1 is 1.37 bits per heavy atom. The van der Waals surface area contributed by atoms with Gasteiger partial charge >= 0.3 is 6.18 Å². The molecule has 0 radical (unpaired) electrons. The lowest BCUT2D eigenvalue weighted by atomic mass is 10.2. The maximum atomic E-state index is 12.8. The number of carbonyl (C=O) groups excluding carboxylic acids is 1. The Kier molecular flexibility index (Phi) is 6.00. The molecule has 1 amide bonds. The Labute approximate surface area is 163 Å². The van der Waals surface area contributed by atoms with Gasteiger partial charge in [0.05, 0.1) is 22.0 Å². The lowest BCUT2D eigenvalue weighted by Crippen LogP contribution is -2.16. The standard InChI is InChI=1S/C17H18ClF3N4OS/c1-2-7-25-15(10-3-4-10)23-24-16(25)27-9-14(26)22-13-8-11(17(19,20)21)5-6-12(13)18/h5-6,8,10H,2-4,7,9H2,1H3,(H,22,26). The quantitative estimate of drug-likeness (QED) is 0.645. The molecule has 1 fully saturated rings. The second-order valence-corrected chi connectivity index (χ2v) is 7.65. The maximum Gasteiger partial charge on any atom is 0.416 e. The highest BCUT2D eigenvalue weighted by molar-refractivity contribution is 7.99. The number of anilines is 1. The number of carbonyl (C=O) groups is 1. The number of nitrogens with one attached hydrogen (secondary N) is 1. The molecule has 1 saturated carbocycles. The first kappa shape index (κ1) is 20.0. The van der Waals surface area contributed by atoms with Crippen molar-refractivity contribution in [2.75, 3.05) is 11.1 Å². The second kappa shape index (κ2) is 8.10. The molecular formula is C17H18ClF3N4OS. The van der Waals surface area contributed by atoms with Crippen LogP contribution in [-0.2, 0) is 17.5 Å². The van der Waals surface area contributed by atoms with Crippen LogP contribution in [0.2, 0.25) is 5.02 Å². The summed E-state index contributed by atoms with van der Waals surface area (Å²) in [6.07, 6.45) is -1.39. The molecule has 0 bridgehead atoms. The van der Waals surface area contributed by atoms with Gasteiger partial charge in [0, 0.05) is 12.5 Å². The van der Waals surface area contributed by atoms with E-state index in [0.717, 1.165) is 49.8 Å². The van der Waals surface area contributed by atoms with Gasteiger partial charge in [-0.15, -0.1) is 10.2 Å². The summed E-state index contributed by atoms with van der Waals surface area (Å²) >= 11 is 7.11. The fourth-order valence-corrected chi connectivity index (χ4v) is 3.53. The molecule has 0 saturated heterocycles. The van der Waals surface area contributed by atoms with Crippen molar-refractivity contribution in [1.29, 1.82) is 0 Å². The highest BCUT2D eigenvalue weighted by Gasteiger charge is 2.31. The first-order chi connectivity index (χ1) is 12.8. The Hall–Kier alpha value is -1.74. The Morgan fingerprint density at radius 2 is 2.11 bits per heavy atom. The molecule has 27 heavy (non-hydrogen) atoms. The van der Waals surface area contributed by atoms with E-state index in [1.807, 2.05) is 11.5 Å². The van der Waals surface area contributed by atoms with Crippen molar-refractivity contribution >= 4 is 35.0 Å². The highest BCUT2D eigenvalue weighted by atomic mass is 35.5. The largest absolute Gasteiger partial charge is 0.416 e. The van der Waals surface area contributed by atoms with E-state index in [4.69, 9.17) is 11.6 Å². The summed E-state index contributed by atoms with van der Waals surface area (Å²) in [4.78, 5) is 12.2. The Morgan fingerprint density at radius 3 is 2.74 bits per heavy atom. The van der Waals surface area contributed by atoms with Crippen molar-refractivity contribution in [3.05, 3.63) is 34.6 Å². The van der Waals surface area contributed by atoms with Gasteiger partial charge in [-0.2, -0.15) is 13.2 Å². The van der Waals surface area contributed by atoms with Crippen molar-refractivity contribution < 1.29 is 18.0 Å². The number of hydrogen-bond donors (Lipinski definition) is 1. The molecule has 5 nitrogen and oxygen atoms in total. The minimum absolute atomic E-state index is 0.000904. The SMILES string of the molecule is CCCn1c(SCC(=O)Nc2cc(C(F)(F)F)ccc2Cl)nnc1C1CC1. The van der Waals surface area contributed by atoms with E-state index < -0.39 is 17.6 Å². The van der Waals surface area contributed by atoms with E-state index >= 15 is 0 Å². The van der Waals surface area contributed by atoms with E-state index in [1.54, 1.807) is 0 Å². The van der Waals surface area contributed by atoms with Crippen LogP contribution in [0.25, 0.3) is 0 Å². The predicted octanol–water partition coefficient (Wildman–Crippen LogP) is 4.97. The van der Waals surface area contributed by atoms with Gasteiger partial charge < -0.3 is 9.88 Å². The van der Waals surface area contributed by atoms with E-state index in [9.17, 15) is 18.0 Å². The summed E-state index contributed by atoms with van der Waals surface area (Å²) in [6, 6.07) is 2.82. The van der Waals surface area contributed by atoms with Crippen molar-refractivity contribution in [2.24, 2.45) is 0 Å². The topological polar surface area (TPSA) is 59.8 Å². The molecule has 1 aromatic carbocycles. The molecule has 1 heterocycles. The lowest BCUT2D eigenvalue weighted by Gasteiger charge is -2.12. The molecule has 0 atom stereocenters. The monoisotopic (exact) mass is 418 g/mol. The van der Waals surface area contributed by atoms with Gasteiger partial charge in [0.15, 0.2) is 5.16 Å². The number of thioether (sulfide) groups is 1. The maximum absolute atomic E-state index is 12.8. The summed E-state index contributed by atoms with van der Waals surface area (Å²) in [6.45, 7) is 2.82. The zero-order chi connectivity index (χ0) is 19.6. The first-order valence-corrected chi connectivity index (χ1v) is 9.88. The third kappa shape index (κ3) is 4.95. The van der Waals surface area contributed by atoms with Gasteiger partial charge in [-0.05, 0) is 37.5 Å². The number of benzene rings is 1. The zero-order valence-corrected chi connectivity index (χ0v) is 16.1. The van der Waals surface area contributed by atoms with Gasteiger partial charge in [0.2, 0.25) is 5.91 Å². The molecule has 1 aliphatic carbocycles. The van der Waals surface area contributed by atoms with Gasteiger partial charge in [-0.1, -0.05) is 30.3 Å². The number of amides is 1. The van der Waals surface area contributed by atoms with Gasteiger partial charge in [-0.3, -0.25) is 4.79 Å². The molecule has 1 N–H and O–H groups in total. The summed E-state index contributed by atoms with van der Waals surface area (Å²) in [5.41, 5.74) is -0.933. The molecule has 2 aromatic rings. The van der Waals surface area contributed by atoms with E-state index in [1.165, 1.54) is 11.8 Å². The molecule has 1 aromatic heterocycles. The van der Waals surface area contributed by atoms with Crippen molar-refractivity contribution in [3.8, 4) is 0 Å². The summed E-state index contributed by atoms with van der Waals surface area (Å²) < 4.78 is 40.5. The van der Waals surface area contributed by atoms with E-state index in [2.05, 4.69) is 15.5 Å². The average Bonchev–Trinajstić information content (AvgIpc) is 3.36. The first-order valence-electron chi connectivity index (χ1n) is 8.52. The number of rotatable bonds is 7. The average molecular weight is 419 g/mol. The third-order valence-electron chi connectivity index (χ3n) is 4.04. The highest BCUT2D eigenvalue weighted by Crippen LogP contribution is 2.40. The van der Waals surface area contributed by atoms with Crippen LogP contribution in [-0.4, -0.2) is 26.4 Å².